The molecule has 0 bridgehead atoms. The average molecular weight is 478 g/mol. The topological polar surface area (TPSA) is 88.6 Å². The number of benzene rings is 2. The molecule has 3 aromatic rings. The number of carbonyl (C=O) groups excluding carboxylic acids is 1. The molecule has 1 N–H and O–H groups in total. The van der Waals surface area contributed by atoms with E-state index in [2.05, 4.69) is 10.3 Å². The zero-order valence-electron chi connectivity index (χ0n) is 16.8. The number of sulfonamides is 1. The molecule has 0 fully saturated rings. The van der Waals surface area contributed by atoms with Crippen molar-refractivity contribution >= 4 is 45.0 Å². The van der Waals surface area contributed by atoms with Crippen LogP contribution in [0.5, 0.6) is 5.75 Å². The summed E-state index contributed by atoms with van der Waals surface area (Å²) in [6.45, 7) is -0.350. The van der Waals surface area contributed by atoms with Gasteiger partial charge in [0.25, 0.3) is 0 Å². The summed E-state index contributed by atoms with van der Waals surface area (Å²) < 4.78 is 31.1. The van der Waals surface area contributed by atoms with Gasteiger partial charge in [0, 0.05) is 34.9 Å². The number of anilines is 1. The van der Waals surface area contributed by atoms with Crippen LogP contribution in [0.25, 0.3) is 0 Å². The van der Waals surface area contributed by atoms with Gasteiger partial charge in [0.15, 0.2) is 0 Å². The Morgan fingerprint density at radius 2 is 1.94 bits per heavy atom. The third-order valence-electron chi connectivity index (χ3n) is 4.21. The maximum absolute atomic E-state index is 12.5. The molecule has 7 nitrogen and oxygen atoms in total. The van der Waals surface area contributed by atoms with E-state index in [-0.39, 0.29) is 11.4 Å². The summed E-state index contributed by atoms with van der Waals surface area (Å²) in [5.74, 6) is 0.283. The predicted molar refractivity (Wildman–Crippen MR) is 121 cm³/mol. The fourth-order valence-electron chi connectivity index (χ4n) is 2.60. The Hall–Kier alpha value is -2.59. The Kier molecular flexibility index (Phi) is 7.55. The van der Waals surface area contributed by atoms with Gasteiger partial charge in [-0.05, 0) is 54.6 Å². The molecule has 1 heterocycles. The molecule has 0 aliphatic rings. The highest BCUT2D eigenvalue weighted by Crippen LogP contribution is 2.35. The minimum Gasteiger partial charge on any atom is -0.497 e. The molecule has 1 aromatic heterocycles. The molecule has 1 amide bonds. The Balaban J connectivity index is 1.63. The van der Waals surface area contributed by atoms with Crippen LogP contribution in [0, 0.1) is 0 Å². The van der Waals surface area contributed by atoms with Crippen LogP contribution in [0.1, 0.15) is 0 Å². The van der Waals surface area contributed by atoms with E-state index >= 15 is 0 Å². The van der Waals surface area contributed by atoms with Crippen molar-refractivity contribution in [3.63, 3.8) is 0 Å². The molecule has 2 aromatic carbocycles. The van der Waals surface area contributed by atoms with Gasteiger partial charge in [-0.3, -0.25) is 9.78 Å². The van der Waals surface area contributed by atoms with Crippen molar-refractivity contribution in [2.75, 3.05) is 26.0 Å². The minimum atomic E-state index is -3.81. The van der Waals surface area contributed by atoms with Crippen molar-refractivity contribution < 1.29 is 17.9 Å². The summed E-state index contributed by atoms with van der Waals surface area (Å²) in [6, 6.07) is 15.7. The summed E-state index contributed by atoms with van der Waals surface area (Å²) in [7, 11) is -0.863. The Morgan fingerprint density at radius 3 is 2.55 bits per heavy atom. The van der Waals surface area contributed by atoms with E-state index < -0.39 is 15.9 Å². The van der Waals surface area contributed by atoms with Crippen molar-refractivity contribution in [3.05, 3.63) is 72.0 Å². The monoisotopic (exact) mass is 477 g/mol. The highest BCUT2D eigenvalue weighted by atomic mass is 35.5. The lowest BCUT2D eigenvalue weighted by molar-refractivity contribution is -0.116. The van der Waals surface area contributed by atoms with E-state index in [9.17, 15) is 13.2 Å². The molecule has 0 saturated carbocycles. The second-order valence-electron chi connectivity index (χ2n) is 6.42. The standard InChI is InChI=1S/C21H20ClN3O4S2/c1-25(31(27,28)18-4-3-11-23-13-18)14-21(26)24-15-5-10-20(19(22)12-15)30-17-8-6-16(29-2)7-9-17/h3-13H,14H2,1-2H3,(H,24,26). The number of nitrogens with one attached hydrogen (secondary N) is 1. The van der Waals surface area contributed by atoms with Gasteiger partial charge in [0.05, 0.1) is 18.7 Å². The quantitative estimate of drug-likeness (QED) is 0.524. The van der Waals surface area contributed by atoms with Gasteiger partial charge in [-0.25, -0.2) is 8.42 Å². The second-order valence-corrected chi connectivity index (χ2v) is 9.99. The van der Waals surface area contributed by atoms with Crippen LogP contribution < -0.4 is 10.1 Å². The van der Waals surface area contributed by atoms with E-state index in [0.29, 0.717) is 10.7 Å². The first-order chi connectivity index (χ1) is 14.8. The van der Waals surface area contributed by atoms with Crippen LogP contribution in [0.2, 0.25) is 5.02 Å². The maximum Gasteiger partial charge on any atom is 0.244 e. The number of aromatic nitrogens is 1. The van der Waals surface area contributed by atoms with Crippen molar-refractivity contribution in [2.45, 2.75) is 14.7 Å². The van der Waals surface area contributed by atoms with Gasteiger partial charge in [-0.15, -0.1) is 0 Å². The minimum absolute atomic E-state index is 0.0215. The summed E-state index contributed by atoms with van der Waals surface area (Å²) in [5.41, 5.74) is 0.473. The number of hydrogen-bond donors (Lipinski definition) is 1. The van der Waals surface area contributed by atoms with Gasteiger partial charge < -0.3 is 10.1 Å². The van der Waals surface area contributed by atoms with Gasteiger partial charge in [-0.2, -0.15) is 4.31 Å². The first-order valence-electron chi connectivity index (χ1n) is 9.07. The number of pyridine rings is 1. The lowest BCUT2D eigenvalue weighted by Gasteiger charge is -2.17. The SMILES string of the molecule is COc1ccc(Sc2ccc(NC(=O)CN(C)S(=O)(=O)c3cccnc3)cc2Cl)cc1. The summed E-state index contributed by atoms with van der Waals surface area (Å²) in [6.07, 6.45) is 2.72. The van der Waals surface area contributed by atoms with Crippen molar-refractivity contribution in [1.29, 1.82) is 0 Å². The van der Waals surface area contributed by atoms with Crippen LogP contribution in [0.3, 0.4) is 0 Å². The van der Waals surface area contributed by atoms with Gasteiger partial charge >= 0.3 is 0 Å². The third kappa shape index (κ3) is 5.98. The second kappa shape index (κ2) is 10.1. The zero-order valence-corrected chi connectivity index (χ0v) is 19.2. The molecule has 0 atom stereocenters. The number of methoxy groups -OCH3 is 1. The molecule has 10 heteroatoms. The normalized spacial score (nSPS) is 11.4. The number of carbonyl (C=O) groups is 1. The molecule has 3 rings (SSSR count). The van der Waals surface area contributed by atoms with Gasteiger partial charge in [0.1, 0.15) is 10.6 Å². The number of likely N-dealkylation sites (N-methyl/N-ethyl adjacent to an activating group) is 1. The number of nitrogens with zero attached hydrogens (tertiary/aromatic N) is 2. The van der Waals surface area contributed by atoms with Gasteiger partial charge in [0.2, 0.25) is 15.9 Å². The van der Waals surface area contributed by atoms with Crippen molar-refractivity contribution in [1.82, 2.24) is 9.29 Å². The summed E-state index contributed by atoms with van der Waals surface area (Å²) >= 11 is 7.85. The fourth-order valence-corrected chi connectivity index (χ4v) is 4.81. The molecule has 0 aliphatic carbocycles. The Morgan fingerprint density at radius 1 is 1.19 bits per heavy atom. The Bertz CT molecular complexity index is 1160. The number of rotatable bonds is 8. The van der Waals surface area contributed by atoms with Crippen LogP contribution in [-0.2, 0) is 14.8 Å². The number of halogens is 1. The average Bonchev–Trinajstić information content (AvgIpc) is 2.76. The highest BCUT2D eigenvalue weighted by molar-refractivity contribution is 7.99. The number of amides is 1. The van der Waals surface area contributed by atoms with E-state index in [4.69, 9.17) is 16.3 Å². The first-order valence-corrected chi connectivity index (χ1v) is 11.7. The maximum atomic E-state index is 12.5. The van der Waals surface area contributed by atoms with Crippen molar-refractivity contribution in [2.24, 2.45) is 0 Å². The molecule has 0 spiro atoms. The molecule has 0 aliphatic heterocycles. The number of ether oxygens (including phenoxy) is 1. The predicted octanol–water partition coefficient (Wildman–Crippen LogP) is 4.15. The van der Waals surface area contributed by atoms with Crippen LogP contribution in [0.4, 0.5) is 5.69 Å². The zero-order chi connectivity index (χ0) is 22.4. The lowest BCUT2D eigenvalue weighted by atomic mass is 10.3. The van der Waals surface area contributed by atoms with Crippen LogP contribution >= 0.6 is 23.4 Å². The smallest absolute Gasteiger partial charge is 0.244 e. The summed E-state index contributed by atoms with van der Waals surface area (Å²) in [4.78, 5) is 18.0. The number of hydrogen-bond acceptors (Lipinski definition) is 6. The molecule has 162 valence electrons. The van der Waals surface area contributed by atoms with Crippen molar-refractivity contribution in [3.8, 4) is 5.75 Å². The lowest BCUT2D eigenvalue weighted by Crippen LogP contribution is -2.35. The molecule has 0 saturated heterocycles. The third-order valence-corrected chi connectivity index (χ3v) is 7.51. The summed E-state index contributed by atoms with van der Waals surface area (Å²) in [5, 5.41) is 3.14. The van der Waals surface area contributed by atoms with E-state index in [1.165, 1.54) is 43.3 Å². The molecule has 31 heavy (non-hydrogen) atoms. The molecular weight excluding hydrogens is 458 g/mol. The Labute approximate surface area is 190 Å². The largest absolute Gasteiger partial charge is 0.497 e. The molecular formula is C21H20ClN3O4S2. The molecule has 0 unspecified atom stereocenters. The highest BCUT2D eigenvalue weighted by Gasteiger charge is 2.23. The fraction of sp³-hybridized carbons (Fsp3) is 0.143. The first kappa shape index (κ1) is 23.1. The van der Waals surface area contributed by atoms with Crippen LogP contribution in [0.15, 0.2) is 81.7 Å². The molecule has 0 radical (unpaired) electrons. The van der Waals surface area contributed by atoms with E-state index in [1.807, 2.05) is 24.3 Å². The van der Waals surface area contributed by atoms with Gasteiger partial charge in [-0.1, -0.05) is 23.4 Å². The van der Waals surface area contributed by atoms with E-state index in [0.717, 1.165) is 19.8 Å². The van der Waals surface area contributed by atoms with Crippen LogP contribution in [-0.4, -0.2) is 44.3 Å². The van der Waals surface area contributed by atoms with E-state index in [1.54, 1.807) is 25.3 Å².